The predicted molar refractivity (Wildman–Crippen MR) is 59.6 cm³/mol. The van der Waals surface area contributed by atoms with E-state index in [1.54, 1.807) is 13.0 Å². The number of nitrogens with two attached hydrogens (primary N) is 1. The maximum Gasteiger partial charge on any atom is 0.236 e. The van der Waals surface area contributed by atoms with Crippen LogP contribution >= 0.6 is 15.9 Å². The van der Waals surface area contributed by atoms with Gasteiger partial charge in [-0.1, -0.05) is 15.9 Å². The SMILES string of the molecule is C[C@@H](N)C(=O)NCc1cc(F)ccc1Br. The lowest BCUT2D eigenvalue weighted by Gasteiger charge is -2.09. The van der Waals surface area contributed by atoms with Gasteiger partial charge in [-0.05, 0) is 30.7 Å². The van der Waals surface area contributed by atoms with Crippen molar-refractivity contribution in [3.8, 4) is 0 Å². The highest BCUT2D eigenvalue weighted by Crippen LogP contribution is 2.17. The minimum Gasteiger partial charge on any atom is -0.351 e. The Labute approximate surface area is 96.0 Å². The first kappa shape index (κ1) is 12.1. The van der Waals surface area contributed by atoms with E-state index in [0.717, 1.165) is 4.47 Å². The molecule has 0 saturated heterocycles. The van der Waals surface area contributed by atoms with Gasteiger partial charge in [0.15, 0.2) is 0 Å². The van der Waals surface area contributed by atoms with Crippen LogP contribution in [0.4, 0.5) is 4.39 Å². The van der Waals surface area contributed by atoms with Crippen LogP contribution in [-0.4, -0.2) is 11.9 Å². The molecule has 5 heteroatoms. The number of carbonyl (C=O) groups excluding carboxylic acids is 1. The molecule has 1 aromatic carbocycles. The number of rotatable bonds is 3. The number of carbonyl (C=O) groups is 1. The third-order valence-corrected chi connectivity index (χ3v) is 2.65. The fourth-order valence-corrected chi connectivity index (χ4v) is 1.41. The van der Waals surface area contributed by atoms with E-state index in [0.29, 0.717) is 5.56 Å². The number of amides is 1. The van der Waals surface area contributed by atoms with E-state index in [2.05, 4.69) is 21.2 Å². The van der Waals surface area contributed by atoms with E-state index in [1.807, 2.05) is 0 Å². The fraction of sp³-hybridized carbons (Fsp3) is 0.300. The molecule has 0 aliphatic carbocycles. The molecule has 0 aliphatic heterocycles. The minimum atomic E-state index is -0.558. The molecule has 1 atom stereocenters. The summed E-state index contributed by atoms with van der Waals surface area (Å²) in [6, 6.07) is 3.76. The molecule has 1 rings (SSSR count). The minimum absolute atomic E-state index is 0.258. The number of benzene rings is 1. The molecule has 82 valence electrons. The van der Waals surface area contributed by atoms with Crippen LogP contribution in [-0.2, 0) is 11.3 Å². The Hall–Kier alpha value is -0.940. The second kappa shape index (κ2) is 5.23. The lowest BCUT2D eigenvalue weighted by molar-refractivity contribution is -0.122. The van der Waals surface area contributed by atoms with E-state index in [1.165, 1.54) is 12.1 Å². The smallest absolute Gasteiger partial charge is 0.236 e. The van der Waals surface area contributed by atoms with Crippen LogP contribution in [0.5, 0.6) is 0 Å². The molecule has 0 fully saturated rings. The second-order valence-corrected chi connectivity index (χ2v) is 4.10. The van der Waals surface area contributed by atoms with Crippen LogP contribution in [0.2, 0.25) is 0 Å². The topological polar surface area (TPSA) is 55.1 Å². The van der Waals surface area contributed by atoms with Crippen molar-refractivity contribution < 1.29 is 9.18 Å². The number of hydrogen-bond donors (Lipinski definition) is 2. The average Bonchev–Trinajstić information content (AvgIpc) is 2.18. The largest absolute Gasteiger partial charge is 0.351 e. The van der Waals surface area contributed by atoms with Gasteiger partial charge in [-0.15, -0.1) is 0 Å². The summed E-state index contributed by atoms with van der Waals surface area (Å²) in [5.41, 5.74) is 6.05. The molecule has 1 amide bonds. The summed E-state index contributed by atoms with van der Waals surface area (Å²) in [6.07, 6.45) is 0. The van der Waals surface area contributed by atoms with Crippen LogP contribution in [0.15, 0.2) is 22.7 Å². The van der Waals surface area contributed by atoms with Crippen molar-refractivity contribution in [1.29, 1.82) is 0 Å². The van der Waals surface area contributed by atoms with Crippen LogP contribution < -0.4 is 11.1 Å². The summed E-state index contributed by atoms with van der Waals surface area (Å²) in [7, 11) is 0. The van der Waals surface area contributed by atoms with Gasteiger partial charge in [0.2, 0.25) is 5.91 Å². The zero-order valence-electron chi connectivity index (χ0n) is 8.26. The van der Waals surface area contributed by atoms with Crippen molar-refractivity contribution in [3.05, 3.63) is 34.1 Å². The van der Waals surface area contributed by atoms with Gasteiger partial charge < -0.3 is 11.1 Å². The van der Waals surface area contributed by atoms with Gasteiger partial charge in [-0.3, -0.25) is 4.79 Å². The highest BCUT2D eigenvalue weighted by Gasteiger charge is 2.08. The summed E-state index contributed by atoms with van der Waals surface area (Å²) >= 11 is 3.27. The van der Waals surface area contributed by atoms with Gasteiger partial charge in [0, 0.05) is 11.0 Å². The van der Waals surface area contributed by atoms with Crippen LogP contribution in [0.1, 0.15) is 12.5 Å². The summed E-state index contributed by atoms with van der Waals surface area (Å²) in [4.78, 5) is 11.2. The van der Waals surface area contributed by atoms with Gasteiger partial charge in [0.05, 0.1) is 6.04 Å². The van der Waals surface area contributed by atoms with Crippen molar-refractivity contribution in [1.82, 2.24) is 5.32 Å². The molecule has 0 aromatic heterocycles. The second-order valence-electron chi connectivity index (χ2n) is 3.24. The Balaban J connectivity index is 2.65. The molecule has 15 heavy (non-hydrogen) atoms. The quantitative estimate of drug-likeness (QED) is 0.879. The first-order chi connectivity index (χ1) is 7.00. The molecule has 0 radical (unpaired) electrons. The van der Waals surface area contributed by atoms with E-state index >= 15 is 0 Å². The Bertz CT molecular complexity index is 368. The molecule has 3 N–H and O–H groups in total. The third kappa shape index (κ3) is 3.60. The van der Waals surface area contributed by atoms with Crippen molar-refractivity contribution in [2.45, 2.75) is 19.5 Å². The molecule has 0 aliphatic rings. The van der Waals surface area contributed by atoms with Crippen molar-refractivity contribution >= 4 is 21.8 Å². The maximum atomic E-state index is 12.9. The van der Waals surface area contributed by atoms with E-state index in [-0.39, 0.29) is 18.3 Å². The number of nitrogens with one attached hydrogen (secondary N) is 1. The molecule has 1 aromatic rings. The highest BCUT2D eigenvalue weighted by atomic mass is 79.9. The summed E-state index contributed by atoms with van der Waals surface area (Å²) in [6.45, 7) is 1.86. The van der Waals surface area contributed by atoms with Crippen LogP contribution in [0, 0.1) is 5.82 Å². The zero-order valence-corrected chi connectivity index (χ0v) is 9.84. The summed E-state index contributed by atoms with van der Waals surface area (Å²) in [5, 5.41) is 2.61. The highest BCUT2D eigenvalue weighted by molar-refractivity contribution is 9.10. The fourth-order valence-electron chi connectivity index (χ4n) is 1.02. The monoisotopic (exact) mass is 274 g/mol. The van der Waals surface area contributed by atoms with Crippen LogP contribution in [0.25, 0.3) is 0 Å². The van der Waals surface area contributed by atoms with Crippen molar-refractivity contribution in [3.63, 3.8) is 0 Å². The van der Waals surface area contributed by atoms with E-state index in [4.69, 9.17) is 5.73 Å². The van der Waals surface area contributed by atoms with Crippen molar-refractivity contribution in [2.24, 2.45) is 5.73 Å². The zero-order chi connectivity index (χ0) is 11.4. The van der Waals surface area contributed by atoms with E-state index in [9.17, 15) is 9.18 Å². The summed E-state index contributed by atoms with van der Waals surface area (Å²) in [5.74, 6) is -0.589. The Morgan fingerprint density at radius 1 is 1.67 bits per heavy atom. The van der Waals surface area contributed by atoms with E-state index < -0.39 is 6.04 Å². The molecule has 0 saturated carbocycles. The van der Waals surface area contributed by atoms with Crippen molar-refractivity contribution in [2.75, 3.05) is 0 Å². The predicted octanol–water partition coefficient (Wildman–Crippen LogP) is 1.55. The van der Waals surface area contributed by atoms with Gasteiger partial charge in [0.1, 0.15) is 5.82 Å². The Kier molecular flexibility index (Phi) is 4.23. The molecule has 3 nitrogen and oxygen atoms in total. The average molecular weight is 275 g/mol. The molecule has 0 bridgehead atoms. The van der Waals surface area contributed by atoms with Gasteiger partial charge in [0.25, 0.3) is 0 Å². The molecule has 0 spiro atoms. The van der Waals surface area contributed by atoms with Gasteiger partial charge >= 0.3 is 0 Å². The number of halogens is 2. The Morgan fingerprint density at radius 3 is 2.93 bits per heavy atom. The summed E-state index contributed by atoms with van der Waals surface area (Å²) < 4.78 is 13.6. The number of hydrogen-bond acceptors (Lipinski definition) is 2. The lowest BCUT2D eigenvalue weighted by Crippen LogP contribution is -2.37. The first-order valence-corrected chi connectivity index (χ1v) is 5.27. The third-order valence-electron chi connectivity index (χ3n) is 1.87. The normalized spacial score (nSPS) is 12.3. The molecule has 0 unspecified atom stereocenters. The molecule has 0 heterocycles. The molecular weight excluding hydrogens is 263 g/mol. The standard InChI is InChI=1S/C10H12BrFN2O/c1-6(13)10(15)14-5-7-4-8(12)2-3-9(7)11/h2-4,6H,5,13H2,1H3,(H,14,15)/t6-/m1/s1. The first-order valence-electron chi connectivity index (χ1n) is 4.48. The molecular formula is C10H12BrFN2O. The van der Waals surface area contributed by atoms with Gasteiger partial charge in [-0.25, -0.2) is 4.39 Å². The van der Waals surface area contributed by atoms with Crippen LogP contribution in [0.3, 0.4) is 0 Å². The maximum absolute atomic E-state index is 12.9. The Morgan fingerprint density at radius 2 is 2.33 bits per heavy atom. The lowest BCUT2D eigenvalue weighted by atomic mass is 10.2. The van der Waals surface area contributed by atoms with Gasteiger partial charge in [-0.2, -0.15) is 0 Å².